The molecular weight excluding hydrogens is 242 g/mol. The Balaban J connectivity index is 2.45. The highest BCUT2D eigenvalue weighted by molar-refractivity contribution is 5.89. The number of oxime groups is 1. The molecule has 1 rings (SSSR count). The van der Waals surface area contributed by atoms with Gasteiger partial charge in [0.05, 0.1) is 6.04 Å². The minimum absolute atomic E-state index is 0.0335. The van der Waals surface area contributed by atoms with Crippen LogP contribution in [0.3, 0.4) is 0 Å². The lowest BCUT2D eigenvalue weighted by Crippen LogP contribution is -2.44. The van der Waals surface area contributed by atoms with E-state index in [1.165, 1.54) is 5.56 Å². The molecule has 0 saturated carbocycles. The number of amides is 1. The van der Waals surface area contributed by atoms with Gasteiger partial charge >= 0.3 is 0 Å². The smallest absolute Gasteiger partial charge is 0.220 e. The molecule has 0 aliphatic carbocycles. The van der Waals surface area contributed by atoms with E-state index in [1.807, 2.05) is 38.1 Å². The zero-order valence-corrected chi connectivity index (χ0v) is 11.4. The number of nitrogens with two attached hydrogens (primary N) is 1. The van der Waals surface area contributed by atoms with Crippen LogP contribution in [0.25, 0.3) is 0 Å². The fraction of sp³-hybridized carbons (Fsp3) is 0.429. The normalized spacial score (nSPS) is 13.1. The van der Waals surface area contributed by atoms with Gasteiger partial charge in [0.25, 0.3) is 0 Å². The van der Waals surface area contributed by atoms with Crippen LogP contribution in [0.15, 0.2) is 29.4 Å². The van der Waals surface area contributed by atoms with E-state index in [4.69, 9.17) is 10.9 Å². The molecule has 1 amide bonds. The predicted octanol–water partition coefficient (Wildman–Crippen LogP) is 1.57. The quantitative estimate of drug-likeness (QED) is 0.315. The second-order valence-electron chi connectivity index (χ2n) is 4.54. The van der Waals surface area contributed by atoms with Crippen molar-refractivity contribution in [2.75, 3.05) is 0 Å². The van der Waals surface area contributed by atoms with Crippen molar-refractivity contribution in [1.29, 1.82) is 0 Å². The molecule has 4 N–H and O–H groups in total. The van der Waals surface area contributed by atoms with E-state index >= 15 is 0 Å². The van der Waals surface area contributed by atoms with Gasteiger partial charge in [-0.15, -0.1) is 0 Å². The monoisotopic (exact) mass is 263 g/mol. The number of benzene rings is 1. The lowest BCUT2D eigenvalue weighted by Gasteiger charge is -2.15. The highest BCUT2D eigenvalue weighted by Gasteiger charge is 2.14. The number of carbonyl (C=O) groups is 1. The maximum atomic E-state index is 11.8. The van der Waals surface area contributed by atoms with Crippen LogP contribution >= 0.6 is 0 Å². The van der Waals surface area contributed by atoms with E-state index in [-0.39, 0.29) is 11.7 Å². The van der Waals surface area contributed by atoms with Crippen LogP contribution < -0.4 is 11.1 Å². The van der Waals surface area contributed by atoms with Crippen molar-refractivity contribution in [3.63, 3.8) is 0 Å². The Hall–Kier alpha value is -2.04. The molecule has 0 spiro atoms. The Morgan fingerprint density at radius 2 is 2.05 bits per heavy atom. The van der Waals surface area contributed by atoms with Gasteiger partial charge in [0, 0.05) is 6.42 Å². The third-order valence-electron chi connectivity index (χ3n) is 2.98. The molecule has 104 valence electrons. The summed E-state index contributed by atoms with van der Waals surface area (Å²) in [6.07, 6.45) is 1.66. The van der Waals surface area contributed by atoms with Gasteiger partial charge in [0.2, 0.25) is 5.91 Å². The van der Waals surface area contributed by atoms with Crippen LogP contribution in [0.2, 0.25) is 0 Å². The van der Waals surface area contributed by atoms with E-state index in [0.717, 1.165) is 5.56 Å². The lowest BCUT2D eigenvalue weighted by atomic mass is 10.1. The number of hydrogen-bond acceptors (Lipinski definition) is 3. The number of aryl methyl sites for hydroxylation is 2. The topological polar surface area (TPSA) is 87.7 Å². The van der Waals surface area contributed by atoms with Gasteiger partial charge in [0.15, 0.2) is 5.84 Å². The van der Waals surface area contributed by atoms with Gasteiger partial charge in [-0.3, -0.25) is 4.79 Å². The van der Waals surface area contributed by atoms with Gasteiger partial charge < -0.3 is 16.3 Å². The van der Waals surface area contributed by atoms with Crippen LogP contribution in [-0.4, -0.2) is 23.0 Å². The molecule has 0 bridgehead atoms. The molecule has 0 aromatic heterocycles. The zero-order chi connectivity index (χ0) is 14.3. The third-order valence-corrected chi connectivity index (χ3v) is 2.98. The molecule has 5 heteroatoms. The minimum atomic E-state index is -0.407. The minimum Gasteiger partial charge on any atom is -0.409 e. The summed E-state index contributed by atoms with van der Waals surface area (Å²) in [5, 5.41) is 14.3. The average molecular weight is 263 g/mol. The van der Waals surface area contributed by atoms with Crippen molar-refractivity contribution >= 4 is 11.7 Å². The molecule has 0 heterocycles. The van der Waals surface area contributed by atoms with Crippen molar-refractivity contribution in [2.45, 2.75) is 39.2 Å². The molecule has 1 aromatic carbocycles. The van der Waals surface area contributed by atoms with Crippen molar-refractivity contribution < 1.29 is 10.0 Å². The van der Waals surface area contributed by atoms with Crippen LogP contribution in [-0.2, 0) is 11.2 Å². The summed E-state index contributed by atoms with van der Waals surface area (Å²) >= 11 is 0. The first-order chi connectivity index (χ1) is 9.06. The Kier molecular flexibility index (Phi) is 5.85. The van der Waals surface area contributed by atoms with Gasteiger partial charge in [-0.25, -0.2) is 0 Å². The molecule has 19 heavy (non-hydrogen) atoms. The molecule has 5 nitrogen and oxygen atoms in total. The van der Waals surface area contributed by atoms with Gasteiger partial charge in [-0.2, -0.15) is 0 Å². The fourth-order valence-electron chi connectivity index (χ4n) is 1.73. The van der Waals surface area contributed by atoms with Crippen LogP contribution in [0.1, 0.15) is 30.9 Å². The first-order valence-corrected chi connectivity index (χ1v) is 6.39. The number of nitrogens with zero attached hydrogens (tertiary/aromatic N) is 1. The summed E-state index contributed by atoms with van der Waals surface area (Å²) in [7, 11) is 0. The number of rotatable bonds is 6. The largest absolute Gasteiger partial charge is 0.409 e. The van der Waals surface area contributed by atoms with E-state index in [9.17, 15) is 4.79 Å². The first kappa shape index (κ1) is 15.0. The highest BCUT2D eigenvalue weighted by Crippen LogP contribution is 2.06. The molecule has 0 aliphatic rings. The molecular formula is C14H21N3O2. The molecule has 1 atom stereocenters. The van der Waals surface area contributed by atoms with Crippen molar-refractivity contribution in [2.24, 2.45) is 10.9 Å². The van der Waals surface area contributed by atoms with Crippen molar-refractivity contribution in [3.05, 3.63) is 35.4 Å². The average Bonchev–Trinajstić information content (AvgIpc) is 2.43. The van der Waals surface area contributed by atoms with E-state index < -0.39 is 6.04 Å². The SMILES string of the molecule is CCC(NC(=O)CCc1ccc(C)cc1)/C(N)=N/O. The summed E-state index contributed by atoms with van der Waals surface area (Å²) in [6.45, 7) is 3.89. The summed E-state index contributed by atoms with van der Waals surface area (Å²) in [5.74, 6) is -0.0646. The molecule has 1 aromatic rings. The number of amidine groups is 1. The van der Waals surface area contributed by atoms with Crippen LogP contribution in [0, 0.1) is 6.92 Å². The number of carbonyl (C=O) groups excluding carboxylic acids is 1. The zero-order valence-electron chi connectivity index (χ0n) is 11.4. The maximum Gasteiger partial charge on any atom is 0.220 e. The lowest BCUT2D eigenvalue weighted by molar-refractivity contribution is -0.121. The molecule has 1 unspecified atom stereocenters. The third kappa shape index (κ3) is 4.99. The van der Waals surface area contributed by atoms with E-state index in [0.29, 0.717) is 19.3 Å². The summed E-state index contributed by atoms with van der Waals surface area (Å²) < 4.78 is 0. The van der Waals surface area contributed by atoms with Crippen LogP contribution in [0.4, 0.5) is 0 Å². The summed E-state index contributed by atoms with van der Waals surface area (Å²) in [6, 6.07) is 7.68. The van der Waals surface area contributed by atoms with Crippen molar-refractivity contribution in [3.8, 4) is 0 Å². The van der Waals surface area contributed by atoms with E-state index in [1.54, 1.807) is 0 Å². The predicted molar refractivity (Wildman–Crippen MR) is 75.1 cm³/mol. The Morgan fingerprint density at radius 3 is 2.58 bits per heavy atom. The fourth-order valence-corrected chi connectivity index (χ4v) is 1.73. The molecule has 0 fully saturated rings. The highest BCUT2D eigenvalue weighted by atomic mass is 16.4. The molecule has 0 saturated heterocycles. The van der Waals surface area contributed by atoms with Gasteiger partial charge in [0.1, 0.15) is 0 Å². The standard InChI is InChI=1S/C14H21N3O2/c1-3-12(14(15)17-19)16-13(18)9-8-11-6-4-10(2)5-7-11/h4-7,12,19H,3,8-9H2,1-2H3,(H2,15,17)(H,16,18). The van der Waals surface area contributed by atoms with Gasteiger partial charge in [-0.05, 0) is 25.3 Å². The Labute approximate surface area is 113 Å². The Morgan fingerprint density at radius 1 is 1.42 bits per heavy atom. The molecule has 0 aliphatic heterocycles. The number of hydrogen-bond donors (Lipinski definition) is 3. The second-order valence-corrected chi connectivity index (χ2v) is 4.54. The van der Waals surface area contributed by atoms with E-state index in [2.05, 4.69) is 10.5 Å². The van der Waals surface area contributed by atoms with Crippen LogP contribution in [0.5, 0.6) is 0 Å². The molecule has 0 radical (unpaired) electrons. The van der Waals surface area contributed by atoms with Gasteiger partial charge in [-0.1, -0.05) is 41.9 Å². The Bertz CT molecular complexity index is 441. The van der Waals surface area contributed by atoms with Crippen molar-refractivity contribution in [1.82, 2.24) is 5.32 Å². The number of nitrogens with one attached hydrogen (secondary N) is 1. The summed E-state index contributed by atoms with van der Waals surface area (Å²) in [4.78, 5) is 11.8. The maximum absolute atomic E-state index is 11.8. The first-order valence-electron chi connectivity index (χ1n) is 6.39. The second kappa shape index (κ2) is 7.41. The summed E-state index contributed by atoms with van der Waals surface area (Å²) in [5.41, 5.74) is 7.81.